The van der Waals surface area contributed by atoms with Gasteiger partial charge in [0.25, 0.3) is 5.91 Å². The predicted molar refractivity (Wildman–Crippen MR) is 154 cm³/mol. The molecular formula is C31H37FN2O5S. The monoisotopic (exact) mass is 568 g/mol. The lowest BCUT2D eigenvalue weighted by Crippen LogP contribution is -2.36. The molecule has 9 heteroatoms. The topological polar surface area (TPSA) is 102 Å². The van der Waals surface area contributed by atoms with Crippen molar-refractivity contribution in [1.82, 2.24) is 10.0 Å². The van der Waals surface area contributed by atoms with Gasteiger partial charge in [-0.25, -0.2) is 12.8 Å². The molecule has 0 aliphatic carbocycles. The first-order valence-corrected chi connectivity index (χ1v) is 14.9. The molecule has 0 aliphatic rings. The quantitative estimate of drug-likeness (QED) is 0.275. The van der Waals surface area contributed by atoms with E-state index < -0.39 is 21.2 Å². The van der Waals surface area contributed by atoms with Crippen LogP contribution in [0.15, 0.2) is 72.8 Å². The van der Waals surface area contributed by atoms with E-state index in [1.165, 1.54) is 26.0 Å². The molecule has 3 rings (SSSR count). The van der Waals surface area contributed by atoms with Gasteiger partial charge in [-0.15, -0.1) is 0 Å². The number of para-hydroxylation sites is 1. The summed E-state index contributed by atoms with van der Waals surface area (Å²) in [5, 5.41) is 2.34. The number of amides is 2. The minimum Gasteiger partial charge on any atom is -0.489 e. The molecule has 0 bridgehead atoms. The van der Waals surface area contributed by atoms with Crippen molar-refractivity contribution < 1.29 is 27.1 Å². The van der Waals surface area contributed by atoms with Crippen molar-refractivity contribution in [3.63, 3.8) is 0 Å². The number of carbonyl (C=O) groups is 2. The highest BCUT2D eigenvalue weighted by Crippen LogP contribution is 2.24. The molecule has 2 amide bonds. The van der Waals surface area contributed by atoms with Crippen LogP contribution >= 0.6 is 0 Å². The second kappa shape index (κ2) is 14.1. The number of hydrogen-bond acceptors (Lipinski definition) is 5. The van der Waals surface area contributed by atoms with Gasteiger partial charge in [-0.2, -0.15) is 0 Å². The van der Waals surface area contributed by atoms with E-state index in [9.17, 15) is 22.4 Å². The molecule has 214 valence electrons. The zero-order chi connectivity index (χ0) is 29.3. The zero-order valence-electron chi connectivity index (χ0n) is 23.3. The van der Waals surface area contributed by atoms with E-state index in [1.54, 1.807) is 24.3 Å². The van der Waals surface area contributed by atoms with Crippen LogP contribution in [0.25, 0.3) is 0 Å². The van der Waals surface area contributed by atoms with E-state index >= 15 is 0 Å². The summed E-state index contributed by atoms with van der Waals surface area (Å²) < 4.78 is 45.7. The molecule has 1 unspecified atom stereocenters. The molecule has 1 atom stereocenters. The fourth-order valence-corrected chi connectivity index (χ4v) is 4.74. The normalized spacial score (nSPS) is 12.3. The Morgan fingerprint density at radius 2 is 1.60 bits per heavy atom. The summed E-state index contributed by atoms with van der Waals surface area (Å²) in [7, 11) is -3.75. The van der Waals surface area contributed by atoms with E-state index in [1.807, 2.05) is 50.2 Å². The molecule has 0 saturated carbocycles. The number of ether oxygens (including phenoxy) is 1. The maximum atomic E-state index is 13.7. The molecule has 3 aromatic rings. The van der Waals surface area contributed by atoms with Gasteiger partial charge in [0.15, 0.2) is 0 Å². The van der Waals surface area contributed by atoms with Crippen molar-refractivity contribution in [2.24, 2.45) is 5.92 Å². The fourth-order valence-electron chi connectivity index (χ4n) is 4.08. The number of halogens is 1. The second-order valence-corrected chi connectivity index (χ2v) is 12.7. The van der Waals surface area contributed by atoms with Gasteiger partial charge >= 0.3 is 0 Å². The SMILES string of the molecule is CC(C)CC(NC(=O)c1cc(COc2ccccc2)ccc1CCC(=O)NS(=O)(=O)C(C)C)c1ccc(F)cc1. The third-order valence-electron chi connectivity index (χ3n) is 6.35. The van der Waals surface area contributed by atoms with Gasteiger partial charge in [0, 0.05) is 12.0 Å². The van der Waals surface area contributed by atoms with Crippen molar-refractivity contribution in [3.8, 4) is 5.75 Å². The number of aryl methyl sites for hydroxylation is 1. The van der Waals surface area contributed by atoms with Crippen LogP contribution in [0, 0.1) is 11.7 Å². The van der Waals surface area contributed by atoms with Crippen molar-refractivity contribution in [3.05, 3.63) is 101 Å². The smallest absolute Gasteiger partial charge is 0.252 e. The molecule has 0 aliphatic heterocycles. The lowest BCUT2D eigenvalue weighted by atomic mass is 9.95. The van der Waals surface area contributed by atoms with Crippen LogP contribution < -0.4 is 14.8 Å². The third-order valence-corrected chi connectivity index (χ3v) is 8.10. The van der Waals surface area contributed by atoms with Crippen LogP contribution in [0.4, 0.5) is 4.39 Å². The minimum atomic E-state index is -3.75. The van der Waals surface area contributed by atoms with Crippen molar-refractivity contribution in [1.29, 1.82) is 0 Å². The number of sulfonamides is 1. The first-order valence-electron chi connectivity index (χ1n) is 13.3. The molecule has 0 heterocycles. The largest absolute Gasteiger partial charge is 0.489 e. The average molecular weight is 569 g/mol. The van der Waals surface area contributed by atoms with E-state index in [4.69, 9.17) is 4.74 Å². The van der Waals surface area contributed by atoms with Gasteiger partial charge in [-0.05, 0) is 79.6 Å². The number of rotatable bonds is 13. The Kier molecular flexibility index (Phi) is 10.8. The Balaban J connectivity index is 1.85. The van der Waals surface area contributed by atoms with E-state index in [2.05, 4.69) is 10.0 Å². The van der Waals surface area contributed by atoms with Crippen molar-refractivity contribution >= 4 is 21.8 Å². The Morgan fingerprint density at radius 1 is 0.925 bits per heavy atom. The average Bonchev–Trinajstić information content (AvgIpc) is 2.91. The summed E-state index contributed by atoms with van der Waals surface area (Å²) in [5.74, 6) is -0.396. The van der Waals surface area contributed by atoms with Gasteiger partial charge in [0.05, 0.1) is 11.3 Å². The first kappa shape index (κ1) is 30.8. The molecule has 0 radical (unpaired) electrons. The Hall–Kier alpha value is -3.72. The zero-order valence-corrected chi connectivity index (χ0v) is 24.1. The van der Waals surface area contributed by atoms with Crippen LogP contribution in [0.5, 0.6) is 5.75 Å². The maximum Gasteiger partial charge on any atom is 0.252 e. The van der Waals surface area contributed by atoms with Crippen LogP contribution in [0.3, 0.4) is 0 Å². The molecular weight excluding hydrogens is 531 g/mol. The van der Waals surface area contributed by atoms with Gasteiger partial charge in [0.2, 0.25) is 15.9 Å². The Morgan fingerprint density at radius 3 is 2.23 bits per heavy atom. The van der Waals surface area contributed by atoms with Crippen LogP contribution in [0.1, 0.15) is 73.6 Å². The van der Waals surface area contributed by atoms with Crippen LogP contribution in [-0.4, -0.2) is 25.5 Å². The highest BCUT2D eigenvalue weighted by Gasteiger charge is 2.22. The summed E-state index contributed by atoms with van der Waals surface area (Å²) >= 11 is 0. The second-order valence-electron chi connectivity index (χ2n) is 10.4. The predicted octanol–water partition coefficient (Wildman–Crippen LogP) is 5.71. The Bertz CT molecular complexity index is 1390. The third kappa shape index (κ3) is 9.19. The first-order chi connectivity index (χ1) is 18.9. The van der Waals surface area contributed by atoms with Gasteiger partial charge in [0.1, 0.15) is 18.2 Å². The fraction of sp³-hybridized carbons (Fsp3) is 0.355. The molecule has 40 heavy (non-hydrogen) atoms. The molecule has 0 saturated heterocycles. The van der Waals surface area contributed by atoms with Gasteiger partial charge < -0.3 is 10.1 Å². The summed E-state index contributed by atoms with van der Waals surface area (Å²) in [6.07, 6.45) is 0.686. The lowest BCUT2D eigenvalue weighted by molar-refractivity contribution is -0.119. The number of hydrogen-bond donors (Lipinski definition) is 2. The number of nitrogens with one attached hydrogen (secondary N) is 2. The molecule has 0 fully saturated rings. The summed E-state index contributed by atoms with van der Waals surface area (Å²) in [5.41, 5.74) is 2.50. The van der Waals surface area contributed by atoms with Crippen molar-refractivity contribution in [2.45, 2.75) is 64.9 Å². The molecule has 2 N–H and O–H groups in total. The van der Waals surface area contributed by atoms with Crippen LogP contribution in [-0.2, 0) is 27.8 Å². The highest BCUT2D eigenvalue weighted by atomic mass is 32.2. The molecule has 7 nitrogen and oxygen atoms in total. The maximum absolute atomic E-state index is 13.7. The summed E-state index contributed by atoms with van der Waals surface area (Å²) in [4.78, 5) is 26.1. The van der Waals surface area contributed by atoms with E-state index in [0.717, 1.165) is 11.1 Å². The minimum absolute atomic E-state index is 0.112. The van der Waals surface area contributed by atoms with Gasteiger partial charge in [-0.3, -0.25) is 14.3 Å². The Labute approximate surface area is 236 Å². The van der Waals surface area contributed by atoms with E-state index in [0.29, 0.717) is 23.3 Å². The highest BCUT2D eigenvalue weighted by molar-refractivity contribution is 7.90. The standard InChI is InChI=1S/C31H37FN2O5S/c1-21(2)18-29(25-12-15-26(32)16-13-25)33-31(36)28-19-23(20-39-27-8-6-5-7-9-27)10-11-24(28)14-17-30(35)34-40(37,38)22(3)4/h5-13,15-16,19,21-22,29H,14,17-18,20H2,1-4H3,(H,33,36)(H,34,35). The number of benzene rings is 3. The molecule has 0 spiro atoms. The van der Waals surface area contributed by atoms with Gasteiger partial charge in [-0.1, -0.05) is 56.3 Å². The number of carbonyl (C=O) groups excluding carboxylic acids is 2. The molecule has 0 aromatic heterocycles. The lowest BCUT2D eigenvalue weighted by Gasteiger charge is -2.22. The van der Waals surface area contributed by atoms with E-state index in [-0.39, 0.29) is 43.1 Å². The summed E-state index contributed by atoms with van der Waals surface area (Å²) in [6.45, 7) is 7.29. The molecule has 3 aromatic carbocycles. The van der Waals surface area contributed by atoms with Crippen LogP contribution in [0.2, 0.25) is 0 Å². The summed E-state index contributed by atoms with van der Waals surface area (Å²) in [6, 6.07) is 20.3. The van der Waals surface area contributed by atoms with Crippen molar-refractivity contribution in [2.75, 3.05) is 0 Å².